The Morgan fingerprint density at radius 1 is 0.846 bits per heavy atom. The predicted molar refractivity (Wildman–Crippen MR) is 154 cm³/mol. The topological polar surface area (TPSA) is 75.7 Å². The van der Waals surface area contributed by atoms with Gasteiger partial charge in [-0.1, -0.05) is 42.5 Å². The highest BCUT2D eigenvalue weighted by atomic mass is 32.2. The maximum atomic E-state index is 12.9. The summed E-state index contributed by atoms with van der Waals surface area (Å²) in [5.74, 6) is 4.38. The molecule has 0 atom stereocenters. The van der Waals surface area contributed by atoms with E-state index in [4.69, 9.17) is 4.74 Å². The van der Waals surface area contributed by atoms with Crippen molar-refractivity contribution in [2.24, 2.45) is 23.7 Å². The lowest BCUT2D eigenvalue weighted by Crippen LogP contribution is -2.43. The van der Waals surface area contributed by atoms with Crippen LogP contribution in [0.5, 0.6) is 5.75 Å². The molecule has 4 fully saturated rings. The van der Waals surface area contributed by atoms with Gasteiger partial charge in [-0.25, -0.2) is 8.42 Å². The predicted octanol–water partition coefficient (Wildman–Crippen LogP) is 6.21. The molecule has 0 heterocycles. The molecule has 1 amide bonds. The van der Waals surface area contributed by atoms with Crippen molar-refractivity contribution in [3.8, 4) is 5.75 Å². The zero-order valence-corrected chi connectivity index (χ0v) is 23.1. The lowest BCUT2D eigenvalue weighted by atomic mass is 9.51. The first-order valence-corrected chi connectivity index (χ1v) is 15.8. The third kappa shape index (κ3) is 5.83. The van der Waals surface area contributed by atoms with Crippen LogP contribution >= 0.6 is 0 Å². The SMILES string of the molecule is CS(=O)(=O)N(CC(=O)Nc1ccc(C2C3CC4CC(C3)CC2C4)cc1)c1ccc(OCc2ccccc2)cc1. The first-order valence-electron chi connectivity index (χ1n) is 14.0. The number of hydrogen-bond acceptors (Lipinski definition) is 4. The van der Waals surface area contributed by atoms with E-state index < -0.39 is 10.0 Å². The summed E-state index contributed by atoms with van der Waals surface area (Å²) >= 11 is 0. The minimum Gasteiger partial charge on any atom is -0.489 e. The molecular weight excluding hydrogens is 508 g/mol. The molecule has 6 nitrogen and oxygen atoms in total. The lowest BCUT2D eigenvalue weighted by molar-refractivity contribution is -0.114. The number of carbonyl (C=O) groups is 1. The first kappa shape index (κ1) is 25.9. The molecule has 0 unspecified atom stereocenters. The van der Waals surface area contributed by atoms with E-state index in [-0.39, 0.29) is 12.5 Å². The molecule has 3 aromatic rings. The zero-order chi connectivity index (χ0) is 27.0. The van der Waals surface area contributed by atoms with Crippen LogP contribution in [0.25, 0.3) is 0 Å². The summed E-state index contributed by atoms with van der Waals surface area (Å²) in [7, 11) is -3.67. The van der Waals surface area contributed by atoms with Gasteiger partial charge in [0.2, 0.25) is 15.9 Å². The third-order valence-electron chi connectivity index (χ3n) is 8.87. The van der Waals surface area contributed by atoms with Crippen molar-refractivity contribution >= 4 is 27.3 Å². The molecular formula is C32H36N2O4S. The molecule has 0 aromatic heterocycles. The molecule has 1 N–H and O–H groups in total. The fourth-order valence-corrected chi connectivity index (χ4v) is 8.30. The van der Waals surface area contributed by atoms with Gasteiger partial charge >= 0.3 is 0 Å². The lowest BCUT2D eigenvalue weighted by Gasteiger charge is -2.54. The van der Waals surface area contributed by atoms with Gasteiger partial charge in [0.15, 0.2) is 0 Å². The van der Waals surface area contributed by atoms with Gasteiger partial charge in [0, 0.05) is 5.69 Å². The van der Waals surface area contributed by atoms with E-state index in [1.165, 1.54) is 37.7 Å². The summed E-state index contributed by atoms with van der Waals surface area (Å²) in [4.78, 5) is 12.9. The standard InChI is InChI=1S/C32H36N2O4S/c1-39(36,37)34(29-11-13-30(14-12-29)38-21-22-5-3-2-4-6-22)20-31(35)33-28-9-7-25(8-10-28)32-26-16-23-15-24(18-26)19-27(32)17-23/h2-14,23-24,26-27,32H,15-21H2,1H3,(H,33,35). The van der Waals surface area contributed by atoms with Crippen molar-refractivity contribution in [3.63, 3.8) is 0 Å². The van der Waals surface area contributed by atoms with E-state index in [9.17, 15) is 13.2 Å². The van der Waals surface area contributed by atoms with Crippen molar-refractivity contribution in [2.75, 3.05) is 22.4 Å². The largest absolute Gasteiger partial charge is 0.489 e. The van der Waals surface area contributed by atoms with Crippen LogP contribution in [0.4, 0.5) is 11.4 Å². The first-order chi connectivity index (χ1) is 18.8. The van der Waals surface area contributed by atoms with Crippen LogP contribution in [0.15, 0.2) is 78.9 Å². The van der Waals surface area contributed by atoms with Gasteiger partial charge in [-0.05, 0) is 109 Å². The Morgan fingerprint density at radius 2 is 1.46 bits per heavy atom. The summed E-state index contributed by atoms with van der Waals surface area (Å²) in [6, 6.07) is 24.8. The average Bonchev–Trinajstić information content (AvgIpc) is 2.91. The molecule has 7 rings (SSSR count). The smallest absolute Gasteiger partial charge is 0.245 e. The highest BCUT2D eigenvalue weighted by Crippen LogP contribution is 2.59. The van der Waals surface area contributed by atoms with Gasteiger partial charge in [0.25, 0.3) is 0 Å². The van der Waals surface area contributed by atoms with Crippen molar-refractivity contribution in [2.45, 2.75) is 44.6 Å². The Bertz CT molecular complexity index is 1380. The number of ether oxygens (including phenoxy) is 1. The van der Waals surface area contributed by atoms with Gasteiger partial charge in [-0.2, -0.15) is 0 Å². The van der Waals surface area contributed by atoms with E-state index in [1.54, 1.807) is 24.3 Å². The van der Waals surface area contributed by atoms with Gasteiger partial charge < -0.3 is 10.1 Å². The summed E-state index contributed by atoms with van der Waals surface area (Å²) in [5, 5.41) is 2.89. The quantitative estimate of drug-likeness (QED) is 0.348. The van der Waals surface area contributed by atoms with Crippen LogP contribution in [0, 0.1) is 23.7 Å². The Morgan fingerprint density at radius 3 is 2.05 bits per heavy atom. The van der Waals surface area contributed by atoms with Gasteiger partial charge in [0.1, 0.15) is 18.9 Å². The minimum atomic E-state index is -3.67. The van der Waals surface area contributed by atoms with Gasteiger partial charge in [0.05, 0.1) is 11.9 Å². The number of amides is 1. The van der Waals surface area contributed by atoms with Gasteiger partial charge in [-0.15, -0.1) is 0 Å². The summed E-state index contributed by atoms with van der Waals surface area (Å²) in [5.41, 5.74) is 3.53. The maximum absolute atomic E-state index is 12.9. The number of rotatable bonds is 9. The number of nitrogens with one attached hydrogen (secondary N) is 1. The monoisotopic (exact) mass is 544 g/mol. The van der Waals surface area contributed by atoms with Crippen molar-refractivity contribution in [3.05, 3.63) is 90.0 Å². The number of anilines is 2. The molecule has 39 heavy (non-hydrogen) atoms. The molecule has 4 aliphatic rings. The van der Waals surface area contributed by atoms with Crippen LogP contribution in [-0.4, -0.2) is 27.1 Å². The van der Waals surface area contributed by atoms with Crippen LogP contribution in [0.1, 0.15) is 49.1 Å². The van der Waals surface area contributed by atoms with Crippen LogP contribution in [0.2, 0.25) is 0 Å². The second-order valence-electron chi connectivity index (χ2n) is 11.7. The van der Waals surface area contributed by atoms with E-state index in [1.807, 2.05) is 42.5 Å². The Kier molecular flexibility index (Phi) is 7.10. The molecule has 4 bridgehead atoms. The van der Waals surface area contributed by atoms with E-state index in [0.717, 1.165) is 39.8 Å². The molecule has 0 radical (unpaired) electrons. The second kappa shape index (κ2) is 10.7. The third-order valence-corrected chi connectivity index (χ3v) is 10.0. The highest BCUT2D eigenvalue weighted by molar-refractivity contribution is 7.92. The van der Waals surface area contributed by atoms with Crippen LogP contribution in [-0.2, 0) is 21.4 Å². The van der Waals surface area contributed by atoms with Crippen LogP contribution < -0.4 is 14.4 Å². The Balaban J connectivity index is 1.08. The highest BCUT2D eigenvalue weighted by Gasteiger charge is 2.48. The number of benzene rings is 3. The molecule has 204 valence electrons. The summed E-state index contributed by atoms with van der Waals surface area (Å²) < 4.78 is 32.1. The molecule has 7 heteroatoms. The number of carbonyl (C=O) groups excluding carboxylic acids is 1. The molecule has 3 aromatic carbocycles. The fourth-order valence-electron chi connectivity index (χ4n) is 7.44. The molecule has 0 saturated heterocycles. The number of sulfonamides is 1. The molecule has 0 spiro atoms. The van der Waals surface area contributed by atoms with Crippen molar-refractivity contribution in [1.29, 1.82) is 0 Å². The van der Waals surface area contributed by atoms with E-state index in [2.05, 4.69) is 17.4 Å². The molecule has 0 aliphatic heterocycles. The molecule has 4 aliphatic carbocycles. The Hall–Kier alpha value is -3.32. The van der Waals surface area contributed by atoms with Crippen molar-refractivity contribution in [1.82, 2.24) is 0 Å². The van der Waals surface area contributed by atoms with E-state index >= 15 is 0 Å². The zero-order valence-electron chi connectivity index (χ0n) is 22.3. The maximum Gasteiger partial charge on any atom is 0.245 e. The average molecular weight is 545 g/mol. The van der Waals surface area contributed by atoms with Gasteiger partial charge in [-0.3, -0.25) is 9.10 Å². The fraction of sp³-hybridized carbons (Fsp3) is 0.406. The number of hydrogen-bond donors (Lipinski definition) is 1. The summed E-state index contributed by atoms with van der Waals surface area (Å²) in [6.07, 6.45) is 8.05. The second-order valence-corrected chi connectivity index (χ2v) is 13.6. The van der Waals surface area contributed by atoms with Crippen LogP contribution in [0.3, 0.4) is 0 Å². The Labute approximate surface area is 231 Å². The normalized spacial score (nSPS) is 25.3. The number of nitrogens with zero attached hydrogens (tertiary/aromatic N) is 1. The summed E-state index contributed by atoms with van der Waals surface area (Å²) in [6.45, 7) is 0.112. The molecule has 4 saturated carbocycles. The van der Waals surface area contributed by atoms with Crippen molar-refractivity contribution < 1.29 is 17.9 Å². The minimum absolute atomic E-state index is 0.305. The van der Waals surface area contributed by atoms with E-state index in [0.29, 0.717) is 29.6 Å².